The van der Waals surface area contributed by atoms with Crippen LogP contribution < -0.4 is 0 Å². The Balaban J connectivity index is 4.58. The highest BCUT2D eigenvalue weighted by Crippen LogP contribution is 2.17. The summed E-state index contributed by atoms with van der Waals surface area (Å²) in [4.78, 5) is 10.4. The van der Waals surface area contributed by atoms with Crippen LogP contribution in [0.4, 0.5) is 13.2 Å². The number of rotatable bonds is 4. The fraction of sp³-hybridized carbons (Fsp3) is 0.444. The van der Waals surface area contributed by atoms with Crippen molar-refractivity contribution in [3.63, 3.8) is 0 Å². The zero-order chi connectivity index (χ0) is 12.1. The van der Waals surface area contributed by atoms with Gasteiger partial charge in [-0.2, -0.15) is 13.2 Å². The standard InChI is InChI=1S/C9H11F3O3/c1-3-15-6(2)4-7(13)5-8(14)9(10,11)12/h4-5,13H,3H2,1-2H3/b6-4+,7-5-. The van der Waals surface area contributed by atoms with Crippen molar-refractivity contribution in [2.24, 2.45) is 0 Å². The van der Waals surface area contributed by atoms with Crippen LogP contribution in [0, 0.1) is 0 Å². The fourth-order valence-corrected chi connectivity index (χ4v) is 0.735. The second kappa shape index (κ2) is 5.43. The van der Waals surface area contributed by atoms with Crippen molar-refractivity contribution in [1.82, 2.24) is 0 Å². The van der Waals surface area contributed by atoms with E-state index in [1.54, 1.807) is 6.92 Å². The number of hydrogen-bond donors (Lipinski definition) is 1. The van der Waals surface area contributed by atoms with E-state index < -0.39 is 17.7 Å². The molecule has 0 radical (unpaired) electrons. The summed E-state index contributed by atoms with van der Waals surface area (Å²) in [6.45, 7) is 3.45. The number of halogens is 3. The molecule has 0 bridgehead atoms. The van der Waals surface area contributed by atoms with Gasteiger partial charge < -0.3 is 9.84 Å². The molecule has 6 heteroatoms. The third-order valence-electron chi connectivity index (χ3n) is 1.28. The van der Waals surface area contributed by atoms with Gasteiger partial charge in [0.05, 0.1) is 12.4 Å². The molecule has 0 saturated carbocycles. The lowest BCUT2D eigenvalue weighted by Gasteiger charge is -2.02. The highest BCUT2D eigenvalue weighted by molar-refractivity contribution is 5.94. The Labute approximate surface area is 84.8 Å². The van der Waals surface area contributed by atoms with Gasteiger partial charge >= 0.3 is 6.18 Å². The summed E-state index contributed by atoms with van der Waals surface area (Å²) in [7, 11) is 0. The zero-order valence-electron chi connectivity index (χ0n) is 8.26. The van der Waals surface area contributed by atoms with E-state index in [1.807, 2.05) is 0 Å². The molecule has 0 spiro atoms. The number of ether oxygens (including phenoxy) is 1. The molecule has 0 aromatic rings. The molecule has 0 fully saturated rings. The third kappa shape index (κ3) is 5.77. The maximum Gasteiger partial charge on any atom is 0.454 e. The first-order valence-corrected chi connectivity index (χ1v) is 4.10. The van der Waals surface area contributed by atoms with Crippen molar-refractivity contribution in [1.29, 1.82) is 0 Å². The van der Waals surface area contributed by atoms with Crippen LogP contribution in [0.25, 0.3) is 0 Å². The lowest BCUT2D eigenvalue weighted by atomic mass is 10.3. The van der Waals surface area contributed by atoms with E-state index in [9.17, 15) is 18.0 Å². The van der Waals surface area contributed by atoms with Crippen molar-refractivity contribution in [3.05, 3.63) is 23.7 Å². The molecule has 0 saturated heterocycles. The minimum absolute atomic E-state index is 0.0997. The smallest absolute Gasteiger partial charge is 0.454 e. The summed E-state index contributed by atoms with van der Waals surface area (Å²) in [6.07, 6.45) is -3.93. The number of alkyl halides is 3. The van der Waals surface area contributed by atoms with Crippen molar-refractivity contribution >= 4 is 5.78 Å². The molecule has 15 heavy (non-hydrogen) atoms. The quantitative estimate of drug-likeness (QED) is 0.453. The average molecular weight is 224 g/mol. The van der Waals surface area contributed by atoms with Crippen molar-refractivity contribution in [2.45, 2.75) is 20.0 Å². The van der Waals surface area contributed by atoms with E-state index in [0.717, 1.165) is 6.08 Å². The average Bonchev–Trinajstić information content (AvgIpc) is 2.01. The van der Waals surface area contributed by atoms with Gasteiger partial charge in [0.1, 0.15) is 5.76 Å². The minimum atomic E-state index is -4.97. The first-order chi connectivity index (χ1) is 6.77. The molecule has 0 amide bonds. The lowest BCUT2D eigenvalue weighted by Crippen LogP contribution is -2.20. The predicted molar refractivity (Wildman–Crippen MR) is 47.2 cm³/mol. The molecule has 0 aromatic carbocycles. The van der Waals surface area contributed by atoms with E-state index >= 15 is 0 Å². The van der Waals surface area contributed by atoms with Crippen molar-refractivity contribution in [2.75, 3.05) is 6.61 Å². The predicted octanol–water partition coefficient (Wildman–Crippen LogP) is 2.50. The molecule has 0 unspecified atom stereocenters. The summed E-state index contributed by atoms with van der Waals surface area (Å²) in [5, 5.41) is 8.96. The van der Waals surface area contributed by atoms with Gasteiger partial charge in [0.15, 0.2) is 0 Å². The molecule has 0 aliphatic carbocycles. The SMILES string of the molecule is CCO/C(C)=C/C(O)=C/C(=O)C(F)(F)F. The number of allylic oxidation sites excluding steroid dienone is 3. The summed E-state index contributed by atoms with van der Waals surface area (Å²) in [6, 6.07) is 0. The first-order valence-electron chi connectivity index (χ1n) is 4.10. The molecule has 0 atom stereocenters. The van der Waals surface area contributed by atoms with Gasteiger partial charge in [-0.05, 0) is 13.8 Å². The maximum atomic E-state index is 11.7. The second-order valence-corrected chi connectivity index (χ2v) is 2.62. The van der Waals surface area contributed by atoms with Crippen LogP contribution in [0.15, 0.2) is 23.7 Å². The van der Waals surface area contributed by atoms with Gasteiger partial charge in [-0.15, -0.1) is 0 Å². The number of hydrogen-bond acceptors (Lipinski definition) is 3. The van der Waals surface area contributed by atoms with Crippen LogP contribution in [0.5, 0.6) is 0 Å². The normalized spacial score (nSPS) is 13.9. The fourth-order valence-electron chi connectivity index (χ4n) is 0.735. The summed E-state index contributed by atoms with van der Waals surface area (Å²) >= 11 is 0. The van der Waals surface area contributed by atoms with Crippen LogP contribution in [0.2, 0.25) is 0 Å². The number of carbonyl (C=O) groups is 1. The Morgan fingerprint density at radius 3 is 2.33 bits per heavy atom. The molecule has 1 N–H and O–H groups in total. The van der Waals surface area contributed by atoms with Crippen LogP contribution in [-0.2, 0) is 9.53 Å². The van der Waals surface area contributed by atoms with Crippen LogP contribution >= 0.6 is 0 Å². The van der Waals surface area contributed by atoms with E-state index in [4.69, 9.17) is 9.84 Å². The van der Waals surface area contributed by atoms with Gasteiger partial charge in [-0.25, -0.2) is 0 Å². The number of aliphatic hydroxyl groups is 1. The molecule has 0 aliphatic rings. The Bertz CT molecular complexity index is 289. The Morgan fingerprint density at radius 1 is 1.40 bits per heavy atom. The highest BCUT2D eigenvalue weighted by Gasteiger charge is 2.36. The Hall–Kier alpha value is -1.46. The topological polar surface area (TPSA) is 46.5 Å². The van der Waals surface area contributed by atoms with Gasteiger partial charge in [-0.1, -0.05) is 0 Å². The lowest BCUT2D eigenvalue weighted by molar-refractivity contribution is -0.165. The first kappa shape index (κ1) is 13.5. The van der Waals surface area contributed by atoms with Crippen LogP contribution in [0.3, 0.4) is 0 Å². The van der Waals surface area contributed by atoms with Gasteiger partial charge in [-0.3, -0.25) is 4.79 Å². The number of carbonyl (C=O) groups excluding carboxylic acids is 1. The summed E-state index contributed by atoms with van der Waals surface area (Å²) in [5.41, 5.74) is 0. The van der Waals surface area contributed by atoms with Crippen molar-refractivity contribution in [3.8, 4) is 0 Å². The molecule has 3 nitrogen and oxygen atoms in total. The molecular weight excluding hydrogens is 213 g/mol. The van der Waals surface area contributed by atoms with Crippen LogP contribution in [0.1, 0.15) is 13.8 Å². The molecule has 86 valence electrons. The van der Waals surface area contributed by atoms with E-state index in [1.165, 1.54) is 6.92 Å². The minimum Gasteiger partial charge on any atom is -0.508 e. The van der Waals surface area contributed by atoms with E-state index in [-0.39, 0.29) is 11.8 Å². The second-order valence-electron chi connectivity index (χ2n) is 2.62. The molecule has 0 rings (SSSR count). The molecular formula is C9H11F3O3. The molecule has 0 aliphatic heterocycles. The summed E-state index contributed by atoms with van der Waals surface area (Å²) in [5.74, 6) is -2.68. The highest BCUT2D eigenvalue weighted by atomic mass is 19.4. The van der Waals surface area contributed by atoms with Gasteiger partial charge in [0.25, 0.3) is 5.78 Å². The Kier molecular flexibility index (Phi) is 4.90. The third-order valence-corrected chi connectivity index (χ3v) is 1.28. The number of aliphatic hydroxyl groups excluding tert-OH is 1. The van der Waals surface area contributed by atoms with Crippen molar-refractivity contribution < 1.29 is 27.8 Å². The summed E-state index contributed by atoms with van der Waals surface area (Å²) < 4.78 is 40.1. The molecule has 0 heterocycles. The van der Waals surface area contributed by atoms with E-state index in [2.05, 4.69) is 0 Å². The van der Waals surface area contributed by atoms with Gasteiger partial charge in [0.2, 0.25) is 0 Å². The maximum absolute atomic E-state index is 11.7. The Morgan fingerprint density at radius 2 is 1.93 bits per heavy atom. The largest absolute Gasteiger partial charge is 0.508 e. The monoisotopic (exact) mass is 224 g/mol. The van der Waals surface area contributed by atoms with E-state index in [0.29, 0.717) is 6.61 Å². The number of ketones is 1. The van der Waals surface area contributed by atoms with Crippen LogP contribution in [-0.4, -0.2) is 23.7 Å². The zero-order valence-corrected chi connectivity index (χ0v) is 8.26. The van der Waals surface area contributed by atoms with Gasteiger partial charge in [0, 0.05) is 12.2 Å². The molecule has 0 aromatic heterocycles.